The molecule has 0 saturated heterocycles. The highest BCUT2D eigenvalue weighted by Crippen LogP contribution is 2.23. The molecule has 108 valence electrons. The summed E-state index contributed by atoms with van der Waals surface area (Å²) in [4.78, 5) is 10.3. The summed E-state index contributed by atoms with van der Waals surface area (Å²) in [5.41, 5.74) is 3.65. The molecule has 0 aliphatic heterocycles. The number of carbonyl (C=O) groups excluding carboxylic acids is 1. The number of nitrogens with zero attached hydrogens (tertiary/aromatic N) is 1. The Bertz CT molecular complexity index is 825. The third kappa shape index (κ3) is 3.07. The van der Waals surface area contributed by atoms with Gasteiger partial charge in [0.15, 0.2) is 0 Å². The van der Waals surface area contributed by atoms with E-state index in [9.17, 15) is 4.79 Å². The van der Waals surface area contributed by atoms with Crippen LogP contribution in [0.1, 0.15) is 11.1 Å². The third-order valence-electron chi connectivity index (χ3n) is 3.59. The summed E-state index contributed by atoms with van der Waals surface area (Å²) in [5.74, 6) is 0. The first-order valence-corrected chi connectivity index (χ1v) is 7.29. The van der Waals surface area contributed by atoms with E-state index < -0.39 is 0 Å². The zero-order chi connectivity index (χ0) is 15.2. The van der Waals surface area contributed by atoms with E-state index in [0.717, 1.165) is 18.4 Å². The summed E-state index contributed by atoms with van der Waals surface area (Å²) in [6, 6.07) is 18.8. The molecule has 0 radical (unpaired) electrons. The fourth-order valence-corrected chi connectivity index (χ4v) is 2.59. The lowest BCUT2D eigenvalue weighted by Crippen LogP contribution is -1.97. The Kier molecular flexibility index (Phi) is 4.30. The molecule has 0 bridgehead atoms. The van der Waals surface area contributed by atoms with Gasteiger partial charge in [0.2, 0.25) is 0 Å². The van der Waals surface area contributed by atoms with Gasteiger partial charge in [0.05, 0.1) is 0 Å². The van der Waals surface area contributed by atoms with Gasteiger partial charge in [0.1, 0.15) is 6.29 Å². The highest BCUT2D eigenvalue weighted by Gasteiger charge is 2.05. The number of benzene rings is 2. The first kappa shape index (κ1) is 14.1. The van der Waals surface area contributed by atoms with E-state index in [1.807, 2.05) is 24.3 Å². The second-order valence-corrected chi connectivity index (χ2v) is 5.10. The van der Waals surface area contributed by atoms with Gasteiger partial charge in [-0.3, -0.25) is 4.79 Å². The molecule has 0 atom stereocenters. The van der Waals surface area contributed by atoms with Crippen LogP contribution in [0.2, 0.25) is 0 Å². The van der Waals surface area contributed by atoms with Crippen molar-refractivity contribution in [3.05, 3.63) is 90.1 Å². The van der Waals surface area contributed by atoms with Gasteiger partial charge in [-0.1, -0.05) is 66.8 Å². The van der Waals surface area contributed by atoms with Crippen LogP contribution < -0.4 is 0 Å². The molecule has 0 N–H and O–H groups in total. The average Bonchev–Trinajstić information content (AvgIpc) is 2.91. The molecule has 3 rings (SSSR count). The maximum Gasteiger partial charge on any atom is 0.142 e. The number of aromatic nitrogens is 1. The first-order valence-electron chi connectivity index (χ1n) is 7.29. The van der Waals surface area contributed by atoms with Gasteiger partial charge < -0.3 is 4.57 Å². The molecule has 0 aliphatic carbocycles. The van der Waals surface area contributed by atoms with Gasteiger partial charge >= 0.3 is 0 Å². The number of carbonyl (C=O) groups is 1. The smallest absolute Gasteiger partial charge is 0.142 e. The summed E-state index contributed by atoms with van der Waals surface area (Å²) in [6.07, 6.45) is 10.1. The fourth-order valence-electron chi connectivity index (χ4n) is 2.59. The van der Waals surface area contributed by atoms with E-state index in [1.54, 1.807) is 6.08 Å². The van der Waals surface area contributed by atoms with E-state index >= 15 is 0 Å². The Labute approximate surface area is 130 Å². The molecule has 3 aromatic rings. The van der Waals surface area contributed by atoms with Crippen molar-refractivity contribution in [3.8, 4) is 0 Å². The summed E-state index contributed by atoms with van der Waals surface area (Å²) in [7, 11) is 0. The predicted octanol–water partition coefficient (Wildman–Crippen LogP) is 4.46. The largest absolute Gasteiger partial charge is 0.342 e. The summed E-state index contributed by atoms with van der Waals surface area (Å²) in [6.45, 7) is 0.847. The van der Waals surface area contributed by atoms with Gasteiger partial charge in [-0.2, -0.15) is 0 Å². The quantitative estimate of drug-likeness (QED) is 0.386. The minimum absolute atomic E-state index is 0.781. The van der Waals surface area contributed by atoms with Gasteiger partial charge in [-0.25, -0.2) is 0 Å². The Morgan fingerprint density at radius 2 is 1.64 bits per heavy atom. The molecule has 0 fully saturated rings. The SMILES string of the molecule is O=C/C=C/C=C/c1cn(Cc2ccccc2)c2ccccc12. The third-order valence-corrected chi connectivity index (χ3v) is 3.59. The summed E-state index contributed by atoms with van der Waals surface area (Å²) >= 11 is 0. The second-order valence-electron chi connectivity index (χ2n) is 5.10. The van der Waals surface area contributed by atoms with Gasteiger partial charge in [-0.05, 0) is 23.3 Å². The molecule has 2 heteroatoms. The molecule has 2 nitrogen and oxygen atoms in total. The highest BCUT2D eigenvalue weighted by molar-refractivity contribution is 5.89. The van der Waals surface area contributed by atoms with Crippen molar-refractivity contribution in [3.63, 3.8) is 0 Å². The molecule has 0 aliphatic rings. The van der Waals surface area contributed by atoms with E-state index in [2.05, 4.69) is 53.2 Å². The summed E-state index contributed by atoms with van der Waals surface area (Å²) in [5, 5.41) is 1.22. The van der Waals surface area contributed by atoms with Gasteiger partial charge in [-0.15, -0.1) is 0 Å². The Morgan fingerprint density at radius 3 is 2.45 bits per heavy atom. The molecule has 22 heavy (non-hydrogen) atoms. The molecular formula is C20H17NO. The molecule has 0 saturated carbocycles. The van der Waals surface area contributed by atoms with Crippen LogP contribution in [0, 0.1) is 0 Å². The minimum Gasteiger partial charge on any atom is -0.342 e. The van der Waals surface area contributed by atoms with Crippen LogP contribution in [-0.4, -0.2) is 10.9 Å². The van der Waals surface area contributed by atoms with E-state index in [-0.39, 0.29) is 0 Å². The molecule has 2 aromatic carbocycles. The molecule has 0 unspecified atom stereocenters. The van der Waals surface area contributed by atoms with Crippen molar-refractivity contribution in [2.24, 2.45) is 0 Å². The zero-order valence-corrected chi connectivity index (χ0v) is 12.2. The highest BCUT2D eigenvalue weighted by atomic mass is 16.1. The molecule has 1 aromatic heterocycles. The number of hydrogen-bond donors (Lipinski definition) is 0. The summed E-state index contributed by atoms with van der Waals surface area (Å²) < 4.78 is 2.26. The molecule has 1 heterocycles. The Hall–Kier alpha value is -2.87. The second kappa shape index (κ2) is 6.72. The predicted molar refractivity (Wildman–Crippen MR) is 91.7 cm³/mol. The van der Waals surface area contributed by atoms with Crippen LogP contribution in [0.15, 0.2) is 79.0 Å². The monoisotopic (exact) mass is 287 g/mol. The van der Waals surface area contributed by atoms with Crippen LogP contribution in [0.25, 0.3) is 17.0 Å². The average molecular weight is 287 g/mol. The number of para-hydroxylation sites is 1. The maximum absolute atomic E-state index is 10.3. The van der Waals surface area contributed by atoms with Crippen LogP contribution in [-0.2, 0) is 11.3 Å². The normalized spacial score (nSPS) is 11.6. The van der Waals surface area contributed by atoms with Crippen LogP contribution in [0.4, 0.5) is 0 Å². The van der Waals surface area contributed by atoms with Gasteiger partial charge in [0.25, 0.3) is 0 Å². The number of rotatable bonds is 5. The topological polar surface area (TPSA) is 22.0 Å². The van der Waals surface area contributed by atoms with Crippen molar-refractivity contribution >= 4 is 23.3 Å². The Morgan fingerprint density at radius 1 is 0.864 bits per heavy atom. The number of hydrogen-bond acceptors (Lipinski definition) is 1. The van der Waals surface area contributed by atoms with Crippen molar-refractivity contribution in [1.29, 1.82) is 0 Å². The van der Waals surface area contributed by atoms with Crippen molar-refractivity contribution in [2.75, 3.05) is 0 Å². The standard InChI is InChI=1S/C20H17NO/c22-14-8-2-5-11-18-16-21(15-17-9-3-1-4-10-17)20-13-7-6-12-19(18)20/h1-14,16H,15H2/b8-2+,11-5+. The molecular weight excluding hydrogens is 270 g/mol. The van der Waals surface area contributed by atoms with E-state index in [1.165, 1.54) is 22.5 Å². The van der Waals surface area contributed by atoms with Crippen molar-refractivity contribution in [2.45, 2.75) is 6.54 Å². The van der Waals surface area contributed by atoms with Crippen LogP contribution in [0.3, 0.4) is 0 Å². The van der Waals surface area contributed by atoms with Crippen molar-refractivity contribution in [1.82, 2.24) is 4.57 Å². The van der Waals surface area contributed by atoms with Crippen molar-refractivity contribution < 1.29 is 4.79 Å². The number of aldehydes is 1. The lowest BCUT2D eigenvalue weighted by molar-refractivity contribution is -0.104. The van der Waals surface area contributed by atoms with Crippen LogP contribution >= 0.6 is 0 Å². The fraction of sp³-hybridized carbons (Fsp3) is 0.0500. The maximum atomic E-state index is 10.3. The van der Waals surface area contributed by atoms with Crippen LogP contribution in [0.5, 0.6) is 0 Å². The lowest BCUT2D eigenvalue weighted by atomic mass is 10.1. The van der Waals surface area contributed by atoms with Gasteiger partial charge in [0, 0.05) is 23.6 Å². The Balaban J connectivity index is 1.98. The molecule has 0 amide bonds. The van der Waals surface area contributed by atoms with E-state index in [0.29, 0.717) is 0 Å². The molecule has 0 spiro atoms. The van der Waals surface area contributed by atoms with E-state index in [4.69, 9.17) is 0 Å². The zero-order valence-electron chi connectivity index (χ0n) is 12.2. The first-order chi connectivity index (χ1) is 10.9. The lowest BCUT2D eigenvalue weighted by Gasteiger charge is -2.05. The minimum atomic E-state index is 0.781. The number of fused-ring (bicyclic) bond motifs is 1. The number of allylic oxidation sites excluding steroid dienone is 3.